The predicted molar refractivity (Wildman–Crippen MR) is 138 cm³/mol. The number of fused-ring (bicyclic) bond motifs is 1. The van der Waals surface area contributed by atoms with Crippen LogP contribution in [0.25, 0.3) is 0 Å². The molecule has 0 saturated carbocycles. The largest absolute Gasteiger partial charge is 0.367 e. The summed E-state index contributed by atoms with van der Waals surface area (Å²) in [6.45, 7) is 3.77. The fraction of sp³-hybridized carbons (Fsp3) is 0.321. The minimum atomic E-state index is -0.502. The Hall–Kier alpha value is -3.87. The second-order valence-electron chi connectivity index (χ2n) is 9.29. The lowest BCUT2D eigenvalue weighted by atomic mass is 9.76. The first kappa shape index (κ1) is 22.9. The Balaban J connectivity index is 1.60. The summed E-state index contributed by atoms with van der Waals surface area (Å²) in [6.07, 6.45) is 1.95. The standard InChI is InChI=1S/C28H30N4O3/c1-4-32(17-18-9-6-5-7-10-18)20-15-13-19(14-16-20)23-24-21(11-8-12-22(24)33)29-26-25(23)27(34)31(3)28(35)30(26)2/h5-7,9-10,13-16,23,29H,4,8,11-12,17H2,1-3H3/t23-/m0/s1. The lowest BCUT2D eigenvalue weighted by Crippen LogP contribution is -2.44. The molecule has 0 amide bonds. The van der Waals surface area contributed by atoms with E-state index in [1.807, 2.05) is 30.3 Å². The van der Waals surface area contributed by atoms with Crippen molar-refractivity contribution in [1.82, 2.24) is 9.13 Å². The third-order valence-electron chi connectivity index (χ3n) is 7.19. The Kier molecular flexibility index (Phi) is 5.93. The molecule has 0 fully saturated rings. The summed E-state index contributed by atoms with van der Waals surface area (Å²) in [7, 11) is 3.15. The summed E-state index contributed by atoms with van der Waals surface area (Å²) in [5, 5.41) is 3.27. The molecular weight excluding hydrogens is 440 g/mol. The molecule has 0 spiro atoms. The monoisotopic (exact) mass is 470 g/mol. The van der Waals surface area contributed by atoms with Crippen LogP contribution in [0.5, 0.6) is 0 Å². The van der Waals surface area contributed by atoms with Gasteiger partial charge in [0.25, 0.3) is 5.56 Å². The van der Waals surface area contributed by atoms with Gasteiger partial charge in [0.15, 0.2) is 5.78 Å². The number of nitrogens with zero attached hydrogens (tertiary/aromatic N) is 3. The van der Waals surface area contributed by atoms with E-state index in [9.17, 15) is 14.4 Å². The lowest BCUT2D eigenvalue weighted by Gasteiger charge is -2.34. The third kappa shape index (κ3) is 3.91. The smallest absolute Gasteiger partial charge is 0.332 e. The first-order valence-electron chi connectivity index (χ1n) is 12.1. The van der Waals surface area contributed by atoms with Gasteiger partial charge in [0.2, 0.25) is 0 Å². The zero-order chi connectivity index (χ0) is 24.7. The van der Waals surface area contributed by atoms with Gasteiger partial charge < -0.3 is 10.2 Å². The molecule has 1 N–H and O–H groups in total. The SMILES string of the molecule is CCN(Cc1ccccc1)c1ccc([C@H]2C3=C(CCCC3=O)Nc3c2c(=O)n(C)c(=O)n3C)cc1. The number of benzene rings is 2. The van der Waals surface area contributed by atoms with Crippen LogP contribution in [-0.2, 0) is 25.4 Å². The molecule has 1 aliphatic carbocycles. The number of anilines is 2. The Labute approximate surface area is 204 Å². The summed E-state index contributed by atoms with van der Waals surface area (Å²) in [5.74, 6) is 0.0475. The van der Waals surface area contributed by atoms with E-state index in [1.54, 1.807) is 7.05 Å². The molecule has 7 heteroatoms. The highest BCUT2D eigenvalue weighted by atomic mass is 16.2. The van der Waals surface area contributed by atoms with E-state index in [2.05, 4.69) is 41.4 Å². The van der Waals surface area contributed by atoms with Gasteiger partial charge in [-0.1, -0.05) is 42.5 Å². The van der Waals surface area contributed by atoms with Crippen molar-refractivity contribution in [2.45, 2.75) is 38.6 Å². The summed E-state index contributed by atoms with van der Waals surface area (Å²) in [4.78, 5) is 41.4. The van der Waals surface area contributed by atoms with Gasteiger partial charge in [0, 0.05) is 56.5 Å². The molecule has 3 aromatic rings. The van der Waals surface area contributed by atoms with Crippen LogP contribution in [0.1, 0.15) is 48.8 Å². The number of hydrogen-bond donors (Lipinski definition) is 1. The van der Waals surface area contributed by atoms with Crippen LogP contribution in [0.15, 0.2) is 75.5 Å². The number of nitrogens with one attached hydrogen (secondary N) is 1. The molecule has 5 rings (SSSR count). The third-order valence-corrected chi connectivity index (χ3v) is 7.19. The van der Waals surface area contributed by atoms with Gasteiger partial charge in [0.05, 0.1) is 5.56 Å². The minimum absolute atomic E-state index is 0.0636. The van der Waals surface area contributed by atoms with E-state index in [1.165, 1.54) is 17.2 Å². The van der Waals surface area contributed by atoms with Crippen LogP contribution in [0.3, 0.4) is 0 Å². The van der Waals surface area contributed by atoms with Crippen LogP contribution < -0.4 is 21.5 Å². The zero-order valence-corrected chi connectivity index (χ0v) is 20.4. The van der Waals surface area contributed by atoms with Gasteiger partial charge in [-0.25, -0.2) is 4.79 Å². The number of aromatic nitrogens is 2. The van der Waals surface area contributed by atoms with Crippen molar-refractivity contribution in [2.24, 2.45) is 14.1 Å². The van der Waals surface area contributed by atoms with Gasteiger partial charge in [-0.05, 0) is 43.0 Å². The molecule has 180 valence electrons. The summed E-state index contributed by atoms with van der Waals surface area (Å²) in [6, 6.07) is 18.5. The Bertz CT molecular complexity index is 1430. The summed E-state index contributed by atoms with van der Waals surface area (Å²) < 4.78 is 2.60. The normalized spacial score (nSPS) is 17.0. The second kappa shape index (κ2) is 9.06. The number of hydrogen-bond acceptors (Lipinski definition) is 5. The average Bonchev–Trinajstić information content (AvgIpc) is 2.89. The molecule has 35 heavy (non-hydrogen) atoms. The molecule has 1 aromatic heterocycles. The molecule has 7 nitrogen and oxygen atoms in total. The van der Waals surface area contributed by atoms with Crippen molar-refractivity contribution in [1.29, 1.82) is 0 Å². The number of carbonyl (C=O) groups excluding carboxylic acids is 1. The Morgan fingerprint density at radius 1 is 0.943 bits per heavy atom. The molecule has 1 aliphatic heterocycles. The fourth-order valence-electron chi connectivity index (χ4n) is 5.30. The Morgan fingerprint density at radius 3 is 2.34 bits per heavy atom. The van der Waals surface area contributed by atoms with Crippen LogP contribution in [0, 0.1) is 0 Å². The number of Topliss-reactive ketones (excluding diaryl/α,β-unsaturated/α-hetero) is 1. The van der Waals surface area contributed by atoms with Crippen molar-refractivity contribution in [2.75, 3.05) is 16.8 Å². The molecule has 1 atom stereocenters. The number of carbonyl (C=O) groups is 1. The molecule has 0 radical (unpaired) electrons. The first-order valence-corrected chi connectivity index (χ1v) is 12.1. The van der Waals surface area contributed by atoms with E-state index < -0.39 is 5.92 Å². The van der Waals surface area contributed by atoms with E-state index >= 15 is 0 Å². The highest BCUT2D eigenvalue weighted by Gasteiger charge is 2.38. The van der Waals surface area contributed by atoms with E-state index in [4.69, 9.17) is 0 Å². The van der Waals surface area contributed by atoms with Crippen LogP contribution in [0.4, 0.5) is 11.5 Å². The summed E-state index contributed by atoms with van der Waals surface area (Å²) in [5.41, 5.74) is 4.37. The molecular formula is C28H30N4O3. The van der Waals surface area contributed by atoms with Crippen molar-refractivity contribution in [3.63, 3.8) is 0 Å². The van der Waals surface area contributed by atoms with E-state index in [0.29, 0.717) is 23.4 Å². The van der Waals surface area contributed by atoms with Crippen molar-refractivity contribution < 1.29 is 4.79 Å². The quantitative estimate of drug-likeness (QED) is 0.616. The minimum Gasteiger partial charge on any atom is -0.367 e. The van der Waals surface area contributed by atoms with Crippen molar-refractivity contribution in [3.8, 4) is 0 Å². The molecule has 2 heterocycles. The summed E-state index contributed by atoms with van der Waals surface area (Å²) >= 11 is 0. The highest BCUT2D eigenvalue weighted by Crippen LogP contribution is 2.43. The van der Waals surface area contributed by atoms with E-state index in [0.717, 1.165) is 47.4 Å². The number of ketones is 1. The molecule has 2 aliphatic rings. The molecule has 0 bridgehead atoms. The van der Waals surface area contributed by atoms with Gasteiger partial charge in [-0.3, -0.25) is 18.7 Å². The van der Waals surface area contributed by atoms with Gasteiger partial charge in [-0.15, -0.1) is 0 Å². The van der Waals surface area contributed by atoms with Crippen LogP contribution in [-0.4, -0.2) is 21.5 Å². The van der Waals surface area contributed by atoms with Crippen molar-refractivity contribution in [3.05, 3.63) is 103 Å². The number of rotatable bonds is 5. The molecule has 2 aromatic carbocycles. The van der Waals surface area contributed by atoms with Crippen molar-refractivity contribution >= 4 is 17.3 Å². The lowest BCUT2D eigenvalue weighted by molar-refractivity contribution is -0.116. The second-order valence-corrected chi connectivity index (χ2v) is 9.29. The highest BCUT2D eigenvalue weighted by molar-refractivity contribution is 6.00. The predicted octanol–water partition coefficient (Wildman–Crippen LogP) is 3.68. The maximum atomic E-state index is 13.3. The van der Waals surface area contributed by atoms with E-state index in [-0.39, 0.29) is 17.0 Å². The maximum absolute atomic E-state index is 13.3. The average molecular weight is 471 g/mol. The Morgan fingerprint density at radius 2 is 1.66 bits per heavy atom. The van der Waals surface area contributed by atoms with Crippen LogP contribution >= 0.6 is 0 Å². The number of allylic oxidation sites excluding steroid dienone is 2. The van der Waals surface area contributed by atoms with Gasteiger partial charge >= 0.3 is 5.69 Å². The maximum Gasteiger partial charge on any atom is 0.332 e. The zero-order valence-electron chi connectivity index (χ0n) is 20.4. The fourth-order valence-corrected chi connectivity index (χ4v) is 5.30. The van der Waals surface area contributed by atoms with Crippen LogP contribution in [0.2, 0.25) is 0 Å². The topological polar surface area (TPSA) is 76.3 Å². The first-order chi connectivity index (χ1) is 16.9. The van der Waals surface area contributed by atoms with Gasteiger partial charge in [0.1, 0.15) is 5.82 Å². The molecule has 0 saturated heterocycles. The van der Waals surface area contributed by atoms with Gasteiger partial charge in [-0.2, -0.15) is 0 Å². The molecule has 0 unspecified atom stereocenters.